The largest absolute Gasteiger partial charge is 0.382 e. The standard InChI is InChI=1S/C12H17N6O5P/c1-20-24(19,21-2)6-22-8-4-3-7(23-8)18-5-15-9-10(13)16-12(14)17-11(9)18/h3-5,7-8H,6H2,1-2H3,(H4,13,14,16,17). The molecule has 0 saturated carbocycles. The van der Waals surface area contributed by atoms with Crippen molar-refractivity contribution in [3.63, 3.8) is 0 Å². The topological polar surface area (TPSA) is 150 Å². The Labute approximate surface area is 137 Å². The summed E-state index contributed by atoms with van der Waals surface area (Å²) in [6, 6.07) is 0. The zero-order chi connectivity index (χ0) is 17.3. The van der Waals surface area contributed by atoms with Crippen LogP contribution in [-0.4, -0.2) is 46.4 Å². The summed E-state index contributed by atoms with van der Waals surface area (Å²) in [6.45, 7) is 0. The molecule has 2 atom stereocenters. The van der Waals surface area contributed by atoms with Gasteiger partial charge in [-0.15, -0.1) is 0 Å². The van der Waals surface area contributed by atoms with Crippen LogP contribution in [0.3, 0.4) is 0 Å². The quantitative estimate of drug-likeness (QED) is 0.563. The molecule has 0 saturated heterocycles. The van der Waals surface area contributed by atoms with E-state index < -0.39 is 20.1 Å². The van der Waals surface area contributed by atoms with E-state index in [0.29, 0.717) is 11.2 Å². The smallest absolute Gasteiger partial charge is 0.355 e. The van der Waals surface area contributed by atoms with Crippen molar-refractivity contribution in [1.82, 2.24) is 19.5 Å². The molecular weight excluding hydrogens is 339 g/mol. The van der Waals surface area contributed by atoms with E-state index in [9.17, 15) is 4.57 Å². The van der Waals surface area contributed by atoms with Crippen molar-refractivity contribution in [3.05, 3.63) is 18.5 Å². The van der Waals surface area contributed by atoms with E-state index >= 15 is 0 Å². The van der Waals surface area contributed by atoms with Crippen molar-refractivity contribution in [1.29, 1.82) is 0 Å². The fourth-order valence-electron chi connectivity index (χ4n) is 2.15. The normalized spacial score (nSPS) is 20.9. The van der Waals surface area contributed by atoms with Gasteiger partial charge in [-0.25, -0.2) is 4.98 Å². The molecule has 12 heteroatoms. The molecule has 4 N–H and O–H groups in total. The van der Waals surface area contributed by atoms with Crippen LogP contribution >= 0.6 is 7.60 Å². The van der Waals surface area contributed by atoms with Crippen LogP contribution in [0.15, 0.2) is 18.5 Å². The van der Waals surface area contributed by atoms with Crippen molar-refractivity contribution in [2.45, 2.75) is 12.5 Å². The second-order valence-electron chi connectivity index (χ2n) is 4.84. The summed E-state index contributed by atoms with van der Waals surface area (Å²) in [5, 5.41) is 0. The number of imidazole rings is 1. The van der Waals surface area contributed by atoms with Gasteiger partial charge in [-0.3, -0.25) is 9.13 Å². The maximum atomic E-state index is 12.0. The van der Waals surface area contributed by atoms with Crippen molar-refractivity contribution in [2.75, 3.05) is 32.0 Å². The van der Waals surface area contributed by atoms with Crippen LogP contribution in [0.2, 0.25) is 0 Å². The van der Waals surface area contributed by atoms with Crippen LogP contribution < -0.4 is 11.5 Å². The van der Waals surface area contributed by atoms with Crippen LogP contribution in [0.1, 0.15) is 6.23 Å². The minimum absolute atomic E-state index is 0.0395. The van der Waals surface area contributed by atoms with Gasteiger partial charge in [0.2, 0.25) is 5.95 Å². The average Bonchev–Trinajstić information content (AvgIpc) is 3.19. The predicted octanol–water partition coefficient (Wildman–Crippen LogP) is 0.862. The number of ether oxygens (including phenoxy) is 2. The zero-order valence-corrected chi connectivity index (χ0v) is 13.9. The molecule has 2 unspecified atom stereocenters. The lowest BCUT2D eigenvalue weighted by Gasteiger charge is -2.18. The van der Waals surface area contributed by atoms with Gasteiger partial charge in [0.25, 0.3) is 0 Å². The van der Waals surface area contributed by atoms with E-state index in [2.05, 4.69) is 15.0 Å². The van der Waals surface area contributed by atoms with Gasteiger partial charge in [0, 0.05) is 14.2 Å². The van der Waals surface area contributed by atoms with Crippen LogP contribution in [0.5, 0.6) is 0 Å². The fraction of sp³-hybridized carbons (Fsp3) is 0.417. The summed E-state index contributed by atoms with van der Waals surface area (Å²) in [4.78, 5) is 12.1. The summed E-state index contributed by atoms with van der Waals surface area (Å²) in [6.07, 6.45) is 3.43. The molecule has 1 aliphatic heterocycles. The lowest BCUT2D eigenvalue weighted by atomic mass is 10.4. The van der Waals surface area contributed by atoms with E-state index in [-0.39, 0.29) is 18.1 Å². The first-order chi connectivity index (χ1) is 11.5. The molecule has 0 amide bonds. The number of nitrogen functional groups attached to an aromatic ring is 2. The Hall–Kier alpha value is -2.04. The highest BCUT2D eigenvalue weighted by Gasteiger charge is 2.28. The number of anilines is 2. The second kappa shape index (κ2) is 6.46. The first-order valence-corrected chi connectivity index (χ1v) is 8.60. The molecule has 24 heavy (non-hydrogen) atoms. The van der Waals surface area contributed by atoms with E-state index in [1.54, 1.807) is 16.7 Å². The Morgan fingerprint density at radius 2 is 2.04 bits per heavy atom. The second-order valence-corrected chi connectivity index (χ2v) is 7.05. The van der Waals surface area contributed by atoms with Crippen molar-refractivity contribution >= 4 is 30.5 Å². The van der Waals surface area contributed by atoms with Crippen molar-refractivity contribution < 1.29 is 23.1 Å². The molecule has 2 aromatic heterocycles. The lowest BCUT2D eigenvalue weighted by molar-refractivity contribution is -0.126. The number of hydrogen-bond acceptors (Lipinski definition) is 10. The lowest BCUT2D eigenvalue weighted by Crippen LogP contribution is -2.16. The molecule has 0 fully saturated rings. The molecule has 3 rings (SSSR count). The third-order valence-electron chi connectivity index (χ3n) is 3.40. The van der Waals surface area contributed by atoms with Crippen LogP contribution in [0.25, 0.3) is 11.2 Å². The molecule has 11 nitrogen and oxygen atoms in total. The number of aromatic nitrogens is 4. The van der Waals surface area contributed by atoms with Gasteiger partial charge in [0.1, 0.15) is 5.52 Å². The highest BCUT2D eigenvalue weighted by molar-refractivity contribution is 7.53. The van der Waals surface area contributed by atoms with Gasteiger partial charge in [-0.2, -0.15) is 9.97 Å². The van der Waals surface area contributed by atoms with Crippen molar-refractivity contribution in [3.8, 4) is 0 Å². The molecule has 0 radical (unpaired) electrons. The Balaban J connectivity index is 1.73. The number of nitrogens with two attached hydrogens (primary N) is 2. The number of hydrogen-bond donors (Lipinski definition) is 2. The maximum absolute atomic E-state index is 12.0. The van der Waals surface area contributed by atoms with Gasteiger partial charge in [0.05, 0.1) is 6.33 Å². The van der Waals surface area contributed by atoms with E-state index in [1.165, 1.54) is 20.5 Å². The molecule has 1 aliphatic rings. The van der Waals surface area contributed by atoms with Gasteiger partial charge in [-0.05, 0) is 12.2 Å². The minimum atomic E-state index is -3.27. The fourth-order valence-corrected chi connectivity index (χ4v) is 2.84. The first kappa shape index (κ1) is 16.8. The monoisotopic (exact) mass is 356 g/mol. The third-order valence-corrected chi connectivity index (χ3v) is 4.98. The van der Waals surface area contributed by atoms with E-state index in [1.807, 2.05) is 0 Å². The predicted molar refractivity (Wildman–Crippen MR) is 84.8 cm³/mol. The highest BCUT2D eigenvalue weighted by atomic mass is 31.2. The van der Waals surface area contributed by atoms with Crippen molar-refractivity contribution in [2.24, 2.45) is 0 Å². The van der Waals surface area contributed by atoms with Gasteiger partial charge in [0.15, 0.2) is 30.3 Å². The molecule has 2 aromatic rings. The van der Waals surface area contributed by atoms with Gasteiger partial charge in [-0.1, -0.05) is 0 Å². The summed E-state index contributed by atoms with van der Waals surface area (Å²) in [7, 11) is -0.703. The Morgan fingerprint density at radius 3 is 2.75 bits per heavy atom. The highest BCUT2D eigenvalue weighted by Crippen LogP contribution is 2.46. The number of rotatable bonds is 6. The van der Waals surface area contributed by atoms with Crippen LogP contribution in [-0.2, 0) is 23.1 Å². The first-order valence-electron chi connectivity index (χ1n) is 6.87. The molecule has 0 spiro atoms. The molecule has 0 aliphatic carbocycles. The molecule has 0 bridgehead atoms. The van der Waals surface area contributed by atoms with E-state index in [4.69, 9.17) is 30.0 Å². The van der Waals surface area contributed by atoms with Crippen LogP contribution in [0.4, 0.5) is 11.8 Å². The molecule has 130 valence electrons. The molecular formula is C12H17N6O5P. The Bertz CT molecular complexity index is 816. The summed E-state index contributed by atoms with van der Waals surface area (Å²) >= 11 is 0. The molecule has 3 heterocycles. The van der Waals surface area contributed by atoms with E-state index in [0.717, 1.165) is 0 Å². The van der Waals surface area contributed by atoms with Gasteiger partial charge >= 0.3 is 7.60 Å². The summed E-state index contributed by atoms with van der Waals surface area (Å²) < 4.78 is 34.3. The Morgan fingerprint density at radius 1 is 1.29 bits per heavy atom. The Kier molecular flexibility index (Phi) is 4.52. The number of fused-ring (bicyclic) bond motifs is 1. The minimum Gasteiger partial charge on any atom is -0.382 e. The summed E-state index contributed by atoms with van der Waals surface area (Å²) in [5.41, 5.74) is 12.3. The SMILES string of the molecule is COP(=O)(COC1C=CC(n2cnc3c(N)nc(N)nc32)O1)OC. The molecule has 0 aromatic carbocycles. The van der Waals surface area contributed by atoms with Crippen LogP contribution in [0, 0.1) is 0 Å². The maximum Gasteiger partial charge on any atom is 0.355 e. The van der Waals surface area contributed by atoms with Gasteiger partial charge < -0.3 is 30.0 Å². The zero-order valence-electron chi connectivity index (χ0n) is 13.0. The number of nitrogens with zero attached hydrogens (tertiary/aromatic N) is 4. The average molecular weight is 356 g/mol. The third kappa shape index (κ3) is 3.12. The summed E-state index contributed by atoms with van der Waals surface area (Å²) in [5.74, 6) is 0.227.